The van der Waals surface area contributed by atoms with Gasteiger partial charge in [-0.1, -0.05) is 6.07 Å². The molecular formula is C24H25F2NO5S. The predicted molar refractivity (Wildman–Crippen MR) is 124 cm³/mol. The van der Waals surface area contributed by atoms with Gasteiger partial charge in [0.15, 0.2) is 18.2 Å². The second kappa shape index (κ2) is 12.7. The molecule has 0 saturated carbocycles. The van der Waals surface area contributed by atoms with E-state index in [0.717, 1.165) is 5.56 Å². The average molecular weight is 478 g/mol. The molecule has 0 saturated heterocycles. The fraction of sp³-hybridized carbons (Fsp3) is 0.208. The van der Waals surface area contributed by atoms with Crippen molar-refractivity contribution < 1.29 is 32.9 Å². The Morgan fingerprint density at radius 3 is 2.33 bits per heavy atom. The van der Waals surface area contributed by atoms with Gasteiger partial charge in [-0.2, -0.15) is 0 Å². The van der Waals surface area contributed by atoms with E-state index in [-0.39, 0.29) is 11.6 Å². The van der Waals surface area contributed by atoms with E-state index in [0.29, 0.717) is 34.1 Å². The van der Waals surface area contributed by atoms with Gasteiger partial charge < -0.3 is 24.6 Å². The number of aliphatic carboxylic acids is 1. The van der Waals surface area contributed by atoms with Crippen LogP contribution in [0.1, 0.15) is 5.56 Å². The number of benzene rings is 3. The molecule has 0 heterocycles. The van der Waals surface area contributed by atoms with Crippen LogP contribution in [0.25, 0.3) is 11.1 Å². The molecule has 0 spiro atoms. The smallest absolute Gasteiger partial charge is 0.341 e. The number of carbonyl (C=O) groups is 1. The van der Waals surface area contributed by atoms with Crippen LogP contribution in [0.2, 0.25) is 0 Å². The van der Waals surface area contributed by atoms with Crippen LogP contribution >= 0.6 is 12.6 Å². The Balaban J connectivity index is 0.000000321. The van der Waals surface area contributed by atoms with Crippen molar-refractivity contribution >= 4 is 18.6 Å². The number of carboxylic acid groups (broad SMARTS) is 1. The van der Waals surface area contributed by atoms with Gasteiger partial charge in [-0.3, -0.25) is 0 Å². The number of halogens is 2. The lowest BCUT2D eigenvalue weighted by molar-refractivity contribution is -0.139. The van der Waals surface area contributed by atoms with Crippen molar-refractivity contribution in [1.29, 1.82) is 0 Å². The van der Waals surface area contributed by atoms with Crippen molar-refractivity contribution in [2.24, 2.45) is 0 Å². The van der Waals surface area contributed by atoms with E-state index in [1.165, 1.54) is 38.5 Å². The van der Waals surface area contributed by atoms with Gasteiger partial charge in [-0.15, -0.1) is 12.6 Å². The Morgan fingerprint density at radius 1 is 1.00 bits per heavy atom. The average Bonchev–Trinajstić information content (AvgIpc) is 2.78. The molecule has 0 aliphatic rings. The lowest BCUT2D eigenvalue weighted by Crippen LogP contribution is -2.10. The van der Waals surface area contributed by atoms with E-state index in [4.69, 9.17) is 19.3 Å². The molecule has 33 heavy (non-hydrogen) atoms. The van der Waals surface area contributed by atoms with Crippen molar-refractivity contribution in [2.45, 2.75) is 11.4 Å². The maximum atomic E-state index is 13.8. The highest BCUT2D eigenvalue weighted by atomic mass is 32.1. The van der Waals surface area contributed by atoms with Crippen LogP contribution < -0.4 is 19.5 Å². The quantitative estimate of drug-likeness (QED) is 0.405. The molecule has 0 aromatic heterocycles. The van der Waals surface area contributed by atoms with Crippen LogP contribution in [0.3, 0.4) is 0 Å². The van der Waals surface area contributed by atoms with E-state index in [9.17, 15) is 13.6 Å². The van der Waals surface area contributed by atoms with Crippen LogP contribution in [0.5, 0.6) is 17.2 Å². The third-order valence-corrected chi connectivity index (χ3v) is 4.61. The van der Waals surface area contributed by atoms with Crippen molar-refractivity contribution in [3.05, 3.63) is 71.8 Å². The van der Waals surface area contributed by atoms with Gasteiger partial charge in [0.25, 0.3) is 0 Å². The second-order valence-electron chi connectivity index (χ2n) is 6.74. The highest BCUT2D eigenvalue weighted by molar-refractivity contribution is 7.80. The Bertz CT molecular complexity index is 1090. The summed E-state index contributed by atoms with van der Waals surface area (Å²) in [5, 5.41) is 11.8. The normalized spacial score (nSPS) is 10.1. The number of hydrogen-bond donors (Lipinski definition) is 3. The first-order chi connectivity index (χ1) is 15.8. The summed E-state index contributed by atoms with van der Waals surface area (Å²) in [5.41, 5.74) is 2.13. The zero-order chi connectivity index (χ0) is 24.4. The molecule has 0 radical (unpaired) electrons. The molecule has 3 aromatic rings. The summed E-state index contributed by atoms with van der Waals surface area (Å²) in [7, 11) is 4.70. The summed E-state index contributed by atoms with van der Waals surface area (Å²) >= 11 is 3.94. The third-order valence-electron chi connectivity index (χ3n) is 4.33. The van der Waals surface area contributed by atoms with Crippen LogP contribution in [-0.4, -0.2) is 38.9 Å². The van der Waals surface area contributed by atoms with Gasteiger partial charge in [0, 0.05) is 23.1 Å². The molecule has 3 rings (SSSR count). The first-order valence-corrected chi connectivity index (χ1v) is 10.2. The van der Waals surface area contributed by atoms with Crippen LogP contribution in [0.4, 0.5) is 8.78 Å². The summed E-state index contributed by atoms with van der Waals surface area (Å²) in [4.78, 5) is 11.3. The van der Waals surface area contributed by atoms with Gasteiger partial charge in [0.1, 0.15) is 17.3 Å². The largest absolute Gasteiger partial charge is 0.497 e. The van der Waals surface area contributed by atoms with E-state index in [1.54, 1.807) is 18.2 Å². The second-order valence-corrected chi connectivity index (χ2v) is 7.26. The van der Waals surface area contributed by atoms with Gasteiger partial charge in [-0.25, -0.2) is 13.6 Å². The standard InChI is InChI=1S/C17H18FNO4.C7H7FOS/c1-19-9-11-3-4-16(23-10-17(20)21)15(5-11)12-6-13(18)8-14(7-12)22-2;1-9-7-3-2-5(10)4-6(7)8/h3-8,19H,9-10H2,1-2H3,(H,20,21);2-4,10H,1H3. The molecule has 0 unspecified atom stereocenters. The molecule has 0 bridgehead atoms. The first kappa shape index (κ1) is 26.0. The third kappa shape index (κ3) is 7.96. The Labute approximate surface area is 196 Å². The molecule has 0 fully saturated rings. The highest BCUT2D eigenvalue weighted by Crippen LogP contribution is 2.34. The monoisotopic (exact) mass is 477 g/mol. The Kier molecular flexibility index (Phi) is 9.96. The van der Waals surface area contributed by atoms with E-state index >= 15 is 0 Å². The van der Waals surface area contributed by atoms with Gasteiger partial charge in [0.2, 0.25) is 0 Å². The molecule has 0 aliphatic heterocycles. The molecule has 176 valence electrons. The maximum Gasteiger partial charge on any atom is 0.341 e. The number of nitrogens with one attached hydrogen (secondary N) is 1. The van der Waals surface area contributed by atoms with Gasteiger partial charge >= 0.3 is 5.97 Å². The SMILES string of the molecule is CNCc1ccc(OCC(=O)O)c(-c2cc(F)cc(OC)c2)c1.COc1ccc(S)cc1F. The van der Waals surface area contributed by atoms with Crippen LogP contribution in [0, 0.1) is 11.6 Å². The zero-order valence-electron chi connectivity index (χ0n) is 18.4. The van der Waals surface area contributed by atoms with Crippen molar-refractivity contribution in [3.63, 3.8) is 0 Å². The fourth-order valence-corrected chi connectivity index (χ4v) is 3.06. The lowest BCUT2D eigenvalue weighted by atomic mass is 10.0. The number of ether oxygens (including phenoxy) is 3. The topological polar surface area (TPSA) is 77.0 Å². The fourth-order valence-electron chi connectivity index (χ4n) is 2.87. The van der Waals surface area contributed by atoms with E-state index in [1.807, 2.05) is 19.2 Å². The predicted octanol–water partition coefficient (Wildman–Crippen LogP) is 4.81. The first-order valence-electron chi connectivity index (χ1n) is 9.77. The van der Waals surface area contributed by atoms with E-state index < -0.39 is 18.4 Å². The minimum absolute atomic E-state index is 0.248. The summed E-state index contributed by atoms with van der Waals surface area (Å²) in [6.45, 7) is 0.156. The molecule has 0 aliphatic carbocycles. The minimum Gasteiger partial charge on any atom is -0.497 e. The number of hydrogen-bond acceptors (Lipinski definition) is 6. The molecule has 0 atom stereocenters. The molecule has 9 heteroatoms. The number of carboxylic acids is 1. The van der Waals surface area contributed by atoms with Crippen LogP contribution in [0.15, 0.2) is 59.5 Å². The lowest BCUT2D eigenvalue weighted by Gasteiger charge is -2.13. The van der Waals surface area contributed by atoms with E-state index in [2.05, 4.69) is 17.9 Å². The maximum absolute atomic E-state index is 13.8. The van der Waals surface area contributed by atoms with Crippen molar-refractivity contribution in [2.75, 3.05) is 27.9 Å². The Hall–Kier alpha value is -3.30. The molecule has 6 nitrogen and oxygen atoms in total. The molecule has 0 amide bonds. The highest BCUT2D eigenvalue weighted by Gasteiger charge is 2.12. The molecular weight excluding hydrogens is 452 g/mol. The van der Waals surface area contributed by atoms with Crippen molar-refractivity contribution in [3.8, 4) is 28.4 Å². The van der Waals surface area contributed by atoms with Crippen molar-refractivity contribution in [1.82, 2.24) is 5.32 Å². The Morgan fingerprint density at radius 2 is 1.73 bits per heavy atom. The van der Waals surface area contributed by atoms with Gasteiger partial charge in [0.05, 0.1) is 14.2 Å². The summed E-state index contributed by atoms with van der Waals surface area (Å²) in [6, 6.07) is 14.2. The number of thiol groups is 1. The zero-order valence-corrected chi connectivity index (χ0v) is 19.3. The summed E-state index contributed by atoms with van der Waals surface area (Å²) in [5.74, 6) is -0.898. The minimum atomic E-state index is -1.08. The summed E-state index contributed by atoms with van der Waals surface area (Å²) < 4.78 is 41.5. The van der Waals surface area contributed by atoms with Crippen LogP contribution in [-0.2, 0) is 11.3 Å². The molecule has 2 N–H and O–H groups in total. The summed E-state index contributed by atoms with van der Waals surface area (Å²) in [6.07, 6.45) is 0. The molecule has 3 aromatic carbocycles. The number of rotatable bonds is 8. The number of methoxy groups -OCH3 is 2. The van der Waals surface area contributed by atoms with Gasteiger partial charge in [-0.05, 0) is 60.6 Å².